The van der Waals surface area contributed by atoms with E-state index >= 15 is 0 Å². The summed E-state index contributed by atoms with van der Waals surface area (Å²) in [5.74, 6) is 0.126. The Balaban J connectivity index is 1.50. The second kappa shape index (κ2) is 9.03. The minimum absolute atomic E-state index is 0.0139. The Morgan fingerprint density at radius 1 is 1.20 bits per heavy atom. The van der Waals surface area contributed by atoms with Gasteiger partial charge < -0.3 is 20.1 Å². The number of rotatable bonds is 9. The number of ether oxygens (including phenoxy) is 1. The normalized spacial score (nSPS) is 12.8. The number of hydrogen-bond donors (Lipinski definition) is 4. The van der Waals surface area contributed by atoms with Crippen molar-refractivity contribution >= 4 is 26.6 Å². The monoisotopic (exact) mass is 435 g/mol. The van der Waals surface area contributed by atoms with Gasteiger partial charge in [-0.2, -0.15) is 0 Å². The van der Waals surface area contributed by atoms with E-state index in [4.69, 9.17) is 4.74 Å². The van der Waals surface area contributed by atoms with E-state index in [1.807, 2.05) is 25.1 Å². The predicted molar refractivity (Wildman–Crippen MR) is 116 cm³/mol. The molecule has 162 valence electrons. The van der Waals surface area contributed by atoms with Crippen molar-refractivity contribution in [3.05, 3.63) is 59.0 Å². The summed E-state index contributed by atoms with van der Waals surface area (Å²) in [4.78, 5) is 3.32. The fraction of sp³-hybridized carbons (Fsp3) is 0.333. The number of sulfonamides is 1. The van der Waals surface area contributed by atoms with E-state index in [0.29, 0.717) is 13.2 Å². The van der Waals surface area contributed by atoms with Gasteiger partial charge in [-0.3, -0.25) is 4.72 Å². The summed E-state index contributed by atoms with van der Waals surface area (Å²) in [6.45, 7) is 5.01. The summed E-state index contributed by atoms with van der Waals surface area (Å²) < 4.78 is 44.7. The van der Waals surface area contributed by atoms with Gasteiger partial charge in [0.25, 0.3) is 0 Å². The first kappa shape index (κ1) is 22.1. The summed E-state index contributed by atoms with van der Waals surface area (Å²) in [5.41, 5.74) is 3.57. The molecule has 0 fully saturated rings. The van der Waals surface area contributed by atoms with Gasteiger partial charge in [0.15, 0.2) is 0 Å². The number of H-pyrrole nitrogens is 1. The fourth-order valence-corrected chi connectivity index (χ4v) is 3.76. The van der Waals surface area contributed by atoms with Gasteiger partial charge in [0.05, 0.1) is 12.4 Å². The maximum atomic E-state index is 14.0. The van der Waals surface area contributed by atoms with Crippen LogP contribution in [0, 0.1) is 19.7 Å². The van der Waals surface area contributed by atoms with Gasteiger partial charge in [0.1, 0.15) is 18.2 Å². The second-order valence-electron chi connectivity index (χ2n) is 7.26. The Kier molecular flexibility index (Phi) is 6.64. The number of aliphatic hydroxyl groups excluding tert-OH is 1. The van der Waals surface area contributed by atoms with Gasteiger partial charge in [-0.25, -0.2) is 12.8 Å². The van der Waals surface area contributed by atoms with Gasteiger partial charge in [0, 0.05) is 47.0 Å². The van der Waals surface area contributed by atoms with Gasteiger partial charge in [-0.15, -0.1) is 0 Å². The number of aromatic amines is 1. The van der Waals surface area contributed by atoms with Crippen molar-refractivity contribution in [2.75, 3.05) is 30.7 Å². The number of nitrogens with one attached hydrogen (secondary N) is 3. The van der Waals surface area contributed by atoms with Crippen LogP contribution in [0.1, 0.15) is 22.9 Å². The molecule has 1 atom stereocenters. The second-order valence-corrected chi connectivity index (χ2v) is 9.01. The Bertz CT molecular complexity index is 1140. The average Bonchev–Trinajstić information content (AvgIpc) is 2.95. The molecule has 1 unspecified atom stereocenters. The number of anilines is 1. The average molecular weight is 436 g/mol. The molecule has 0 amide bonds. The largest absolute Gasteiger partial charge is 0.492 e. The first-order valence-corrected chi connectivity index (χ1v) is 11.4. The number of halogens is 1. The summed E-state index contributed by atoms with van der Waals surface area (Å²) in [6.07, 6.45) is -0.128. The van der Waals surface area contributed by atoms with Crippen molar-refractivity contribution in [1.29, 1.82) is 0 Å². The highest BCUT2D eigenvalue weighted by Crippen LogP contribution is 2.25. The Labute approximate surface area is 175 Å². The van der Waals surface area contributed by atoms with Crippen LogP contribution in [0.15, 0.2) is 36.4 Å². The number of aliphatic hydroxyl groups is 1. The molecule has 1 aromatic heterocycles. The summed E-state index contributed by atoms with van der Waals surface area (Å²) in [6, 6.07) is 9.58. The van der Waals surface area contributed by atoms with E-state index in [0.717, 1.165) is 34.7 Å². The standard InChI is InChI=1S/C21H26FN3O4S/c1-13-14(2)24-20-11-16(5-6-17(13)20)29-9-8-23-12-21(26)18-10-15(4-7-19(18)22)25-30(3,27)28/h4-7,10-11,21,23-26H,8-9,12H2,1-3H3. The summed E-state index contributed by atoms with van der Waals surface area (Å²) in [5, 5.41) is 14.4. The number of aromatic nitrogens is 1. The molecule has 3 aromatic rings. The van der Waals surface area contributed by atoms with Gasteiger partial charge in [-0.05, 0) is 49.7 Å². The smallest absolute Gasteiger partial charge is 0.229 e. The first-order valence-electron chi connectivity index (χ1n) is 9.52. The molecule has 0 aliphatic rings. The number of fused-ring (bicyclic) bond motifs is 1. The van der Waals surface area contributed by atoms with Crippen molar-refractivity contribution in [3.8, 4) is 5.75 Å². The summed E-state index contributed by atoms with van der Waals surface area (Å²) in [7, 11) is -3.49. The van der Waals surface area contributed by atoms with Crippen molar-refractivity contribution in [1.82, 2.24) is 10.3 Å². The maximum absolute atomic E-state index is 14.0. The molecule has 0 radical (unpaired) electrons. The highest BCUT2D eigenvalue weighted by molar-refractivity contribution is 7.92. The van der Waals surface area contributed by atoms with Crippen LogP contribution >= 0.6 is 0 Å². The minimum Gasteiger partial charge on any atom is -0.492 e. The third-order valence-corrected chi connectivity index (χ3v) is 5.43. The SMILES string of the molecule is Cc1[nH]c2cc(OCCNCC(O)c3cc(NS(C)(=O)=O)ccc3F)ccc2c1C. The van der Waals surface area contributed by atoms with Crippen LogP contribution in [-0.4, -0.2) is 44.5 Å². The third-order valence-electron chi connectivity index (χ3n) is 4.82. The number of aryl methyl sites for hydroxylation is 2. The Morgan fingerprint density at radius 3 is 2.70 bits per heavy atom. The molecule has 9 heteroatoms. The molecule has 0 saturated carbocycles. The molecular weight excluding hydrogens is 409 g/mol. The van der Waals surface area contributed by atoms with Crippen molar-refractivity contribution < 1.29 is 22.7 Å². The minimum atomic E-state index is -3.49. The molecular formula is C21H26FN3O4S. The lowest BCUT2D eigenvalue weighted by Gasteiger charge is -2.15. The highest BCUT2D eigenvalue weighted by atomic mass is 32.2. The zero-order valence-corrected chi connectivity index (χ0v) is 17.9. The molecule has 4 N–H and O–H groups in total. The van der Waals surface area contributed by atoms with Crippen LogP contribution in [0.2, 0.25) is 0 Å². The van der Waals surface area contributed by atoms with Crippen molar-refractivity contribution in [3.63, 3.8) is 0 Å². The maximum Gasteiger partial charge on any atom is 0.229 e. The van der Waals surface area contributed by atoms with Crippen molar-refractivity contribution in [2.45, 2.75) is 20.0 Å². The topological polar surface area (TPSA) is 103 Å². The number of hydrogen-bond acceptors (Lipinski definition) is 5. The molecule has 3 rings (SSSR count). The third kappa shape index (κ3) is 5.50. The van der Waals surface area contributed by atoms with Crippen molar-refractivity contribution in [2.24, 2.45) is 0 Å². The molecule has 7 nitrogen and oxygen atoms in total. The van der Waals surface area contributed by atoms with Crippen LogP contribution in [0.25, 0.3) is 10.9 Å². The van der Waals surface area contributed by atoms with Crippen LogP contribution in [0.5, 0.6) is 5.75 Å². The van der Waals surface area contributed by atoms with Crippen LogP contribution in [0.3, 0.4) is 0 Å². The molecule has 1 heterocycles. The Morgan fingerprint density at radius 2 is 1.97 bits per heavy atom. The van der Waals surface area contributed by atoms with E-state index in [2.05, 4.69) is 21.9 Å². The van der Waals surface area contributed by atoms with E-state index in [1.165, 1.54) is 17.7 Å². The van der Waals surface area contributed by atoms with Gasteiger partial charge >= 0.3 is 0 Å². The fourth-order valence-electron chi connectivity index (χ4n) is 3.21. The van der Waals surface area contributed by atoms with E-state index < -0.39 is 21.9 Å². The lowest BCUT2D eigenvalue weighted by molar-refractivity contribution is 0.167. The lowest BCUT2D eigenvalue weighted by Crippen LogP contribution is -2.26. The summed E-state index contributed by atoms with van der Waals surface area (Å²) >= 11 is 0. The van der Waals surface area contributed by atoms with E-state index in [9.17, 15) is 17.9 Å². The molecule has 0 aliphatic carbocycles. The van der Waals surface area contributed by atoms with Gasteiger partial charge in [-0.1, -0.05) is 0 Å². The zero-order chi connectivity index (χ0) is 21.9. The molecule has 30 heavy (non-hydrogen) atoms. The molecule has 0 saturated heterocycles. The highest BCUT2D eigenvalue weighted by Gasteiger charge is 2.14. The predicted octanol–water partition coefficient (Wildman–Crippen LogP) is 3.00. The van der Waals surface area contributed by atoms with E-state index in [1.54, 1.807) is 0 Å². The van der Waals surface area contributed by atoms with Crippen LogP contribution < -0.4 is 14.8 Å². The quantitative estimate of drug-likeness (QED) is 0.387. The van der Waals surface area contributed by atoms with Crippen LogP contribution in [0.4, 0.5) is 10.1 Å². The zero-order valence-electron chi connectivity index (χ0n) is 17.1. The molecule has 0 spiro atoms. The van der Waals surface area contributed by atoms with E-state index in [-0.39, 0.29) is 17.8 Å². The number of benzene rings is 2. The molecule has 0 aliphatic heterocycles. The van der Waals surface area contributed by atoms with Gasteiger partial charge in [0.2, 0.25) is 10.0 Å². The Hall–Kier alpha value is -2.62. The first-order chi connectivity index (χ1) is 14.1. The molecule has 2 aromatic carbocycles. The molecule has 0 bridgehead atoms. The van der Waals surface area contributed by atoms with Crippen LogP contribution in [-0.2, 0) is 10.0 Å². The lowest BCUT2D eigenvalue weighted by atomic mass is 10.1.